The number of rotatable bonds is 2. The number of pyridine rings is 1. The molecule has 0 radical (unpaired) electrons. The van der Waals surface area contributed by atoms with Crippen LogP contribution in [0.15, 0.2) is 18.5 Å². The summed E-state index contributed by atoms with van der Waals surface area (Å²) in [6.45, 7) is 2.02. The van der Waals surface area contributed by atoms with E-state index in [2.05, 4.69) is 15.3 Å². The molecule has 0 aromatic carbocycles. The van der Waals surface area contributed by atoms with Crippen LogP contribution in [0.2, 0.25) is 0 Å². The molecule has 2 aromatic heterocycles. The first-order valence-corrected chi connectivity index (χ1v) is 6.24. The number of primary amides is 1. The first-order valence-electron chi connectivity index (χ1n) is 6.24. The minimum Gasteiger partial charge on any atom is -0.365 e. The summed E-state index contributed by atoms with van der Waals surface area (Å²) < 4.78 is 0. The van der Waals surface area contributed by atoms with Crippen molar-refractivity contribution in [3.63, 3.8) is 0 Å². The normalized spacial score (nSPS) is 19.1. The molecular weight excluding hydrogens is 264 g/mol. The van der Waals surface area contributed by atoms with E-state index in [1.165, 1.54) is 0 Å². The second-order valence-corrected chi connectivity index (χ2v) is 4.73. The van der Waals surface area contributed by atoms with Crippen LogP contribution in [0.25, 0.3) is 10.9 Å². The third kappa shape index (κ3) is 2.43. The molecule has 5 nitrogen and oxygen atoms in total. The van der Waals surface area contributed by atoms with Crippen molar-refractivity contribution in [3.05, 3.63) is 29.7 Å². The molecule has 102 valence electrons. The summed E-state index contributed by atoms with van der Waals surface area (Å²) >= 11 is 0. The number of piperidine rings is 1. The van der Waals surface area contributed by atoms with Gasteiger partial charge >= 0.3 is 0 Å². The monoisotopic (exact) mass is 280 g/mol. The fourth-order valence-corrected chi connectivity index (χ4v) is 2.67. The van der Waals surface area contributed by atoms with Gasteiger partial charge in [0.25, 0.3) is 5.91 Å². The summed E-state index contributed by atoms with van der Waals surface area (Å²) in [4.78, 5) is 18.9. The van der Waals surface area contributed by atoms with Crippen molar-refractivity contribution in [2.75, 3.05) is 13.1 Å². The highest BCUT2D eigenvalue weighted by molar-refractivity contribution is 6.05. The number of halogens is 1. The number of hydrogen-bond acceptors (Lipinski definition) is 3. The summed E-state index contributed by atoms with van der Waals surface area (Å²) in [5.74, 6) is -0.0257. The number of fused-ring (bicyclic) bond motifs is 1. The van der Waals surface area contributed by atoms with Gasteiger partial charge in [-0.1, -0.05) is 0 Å². The van der Waals surface area contributed by atoms with Crippen molar-refractivity contribution in [1.29, 1.82) is 0 Å². The first-order chi connectivity index (χ1) is 8.77. The fraction of sp³-hybridized carbons (Fsp3) is 0.385. The Hall–Kier alpha value is -1.59. The highest BCUT2D eigenvalue weighted by atomic mass is 35.5. The Morgan fingerprint density at radius 2 is 2.32 bits per heavy atom. The van der Waals surface area contributed by atoms with Crippen LogP contribution in [0.3, 0.4) is 0 Å². The molecule has 1 fully saturated rings. The molecule has 0 bridgehead atoms. The van der Waals surface area contributed by atoms with Crippen LogP contribution < -0.4 is 11.1 Å². The first kappa shape index (κ1) is 13.8. The smallest absolute Gasteiger partial charge is 0.252 e. The van der Waals surface area contributed by atoms with Crippen LogP contribution in [0, 0.1) is 0 Å². The number of nitrogens with zero attached hydrogens (tertiary/aromatic N) is 1. The SMILES string of the molecule is Cl.NC(=O)c1cnc(C2CCCNC2)c2cc[nH]c12. The van der Waals surface area contributed by atoms with Gasteiger partial charge in [0, 0.05) is 30.2 Å². The van der Waals surface area contributed by atoms with Gasteiger partial charge < -0.3 is 16.0 Å². The number of carbonyl (C=O) groups excluding carboxylic acids is 1. The van der Waals surface area contributed by atoms with Crippen molar-refractivity contribution in [1.82, 2.24) is 15.3 Å². The van der Waals surface area contributed by atoms with Crippen LogP contribution in [0.5, 0.6) is 0 Å². The highest BCUT2D eigenvalue weighted by Crippen LogP contribution is 2.29. The average Bonchev–Trinajstić information content (AvgIpc) is 2.87. The van der Waals surface area contributed by atoms with Gasteiger partial charge in [-0.15, -0.1) is 12.4 Å². The number of amides is 1. The molecule has 1 saturated heterocycles. The Kier molecular flexibility index (Phi) is 4.07. The van der Waals surface area contributed by atoms with Gasteiger partial charge in [-0.25, -0.2) is 0 Å². The van der Waals surface area contributed by atoms with Crippen molar-refractivity contribution >= 4 is 29.2 Å². The van der Waals surface area contributed by atoms with Crippen molar-refractivity contribution < 1.29 is 4.79 Å². The lowest BCUT2D eigenvalue weighted by Gasteiger charge is -2.23. The molecule has 1 aliphatic heterocycles. The van der Waals surface area contributed by atoms with Crippen LogP contribution in [0.4, 0.5) is 0 Å². The van der Waals surface area contributed by atoms with Gasteiger partial charge in [0.1, 0.15) is 0 Å². The molecule has 3 heterocycles. The van der Waals surface area contributed by atoms with Gasteiger partial charge in [0.15, 0.2) is 0 Å². The lowest BCUT2D eigenvalue weighted by atomic mass is 9.93. The average molecular weight is 281 g/mol. The van der Waals surface area contributed by atoms with Gasteiger partial charge in [-0.05, 0) is 25.5 Å². The number of hydrogen-bond donors (Lipinski definition) is 3. The van der Waals surface area contributed by atoms with Gasteiger partial charge in [0.05, 0.1) is 16.8 Å². The maximum atomic E-state index is 11.4. The van der Waals surface area contributed by atoms with E-state index in [1.54, 1.807) is 6.20 Å². The maximum absolute atomic E-state index is 11.4. The zero-order valence-electron chi connectivity index (χ0n) is 10.5. The van der Waals surface area contributed by atoms with Crippen LogP contribution in [-0.2, 0) is 0 Å². The second kappa shape index (κ2) is 5.59. The molecule has 2 aromatic rings. The van der Waals surface area contributed by atoms with Crippen molar-refractivity contribution in [2.24, 2.45) is 5.73 Å². The van der Waals surface area contributed by atoms with Gasteiger partial charge in [-0.2, -0.15) is 0 Å². The summed E-state index contributed by atoms with van der Waals surface area (Å²) in [5.41, 5.74) is 7.68. The van der Waals surface area contributed by atoms with E-state index in [0.29, 0.717) is 11.5 Å². The van der Waals surface area contributed by atoms with Crippen molar-refractivity contribution in [3.8, 4) is 0 Å². The molecular formula is C13H17ClN4O. The van der Waals surface area contributed by atoms with E-state index in [-0.39, 0.29) is 12.4 Å². The van der Waals surface area contributed by atoms with E-state index in [1.807, 2.05) is 12.3 Å². The molecule has 0 aliphatic carbocycles. The summed E-state index contributed by atoms with van der Waals surface area (Å²) in [7, 11) is 0. The van der Waals surface area contributed by atoms with E-state index < -0.39 is 5.91 Å². The Balaban J connectivity index is 0.00000133. The molecule has 0 saturated carbocycles. The van der Waals surface area contributed by atoms with Crippen LogP contribution >= 0.6 is 12.4 Å². The predicted molar refractivity (Wildman–Crippen MR) is 76.7 cm³/mol. The predicted octanol–water partition coefficient (Wildman–Crippen LogP) is 1.55. The number of nitrogens with one attached hydrogen (secondary N) is 2. The molecule has 1 atom stereocenters. The Morgan fingerprint density at radius 1 is 1.47 bits per heavy atom. The molecule has 1 unspecified atom stereocenters. The molecule has 4 N–H and O–H groups in total. The number of H-pyrrole nitrogens is 1. The van der Waals surface area contributed by atoms with E-state index in [9.17, 15) is 4.79 Å². The highest BCUT2D eigenvalue weighted by Gasteiger charge is 2.21. The lowest BCUT2D eigenvalue weighted by molar-refractivity contribution is 0.100. The van der Waals surface area contributed by atoms with Crippen molar-refractivity contribution in [2.45, 2.75) is 18.8 Å². The zero-order chi connectivity index (χ0) is 12.5. The molecule has 0 spiro atoms. The lowest BCUT2D eigenvalue weighted by Crippen LogP contribution is -2.29. The largest absolute Gasteiger partial charge is 0.365 e. The Labute approximate surface area is 117 Å². The number of aromatic nitrogens is 2. The minimum atomic E-state index is -0.441. The number of nitrogens with two attached hydrogens (primary N) is 1. The molecule has 3 rings (SSSR count). The number of aromatic amines is 1. The third-order valence-electron chi connectivity index (χ3n) is 3.57. The number of carbonyl (C=O) groups is 1. The summed E-state index contributed by atoms with van der Waals surface area (Å²) in [6.07, 6.45) is 5.72. The topological polar surface area (TPSA) is 83.8 Å². The standard InChI is InChI=1S/C13H16N4O.ClH/c14-13(18)10-7-17-11(8-2-1-4-15-6-8)9-3-5-16-12(9)10;/h3,5,7-8,15-16H,1-2,4,6H2,(H2,14,18);1H. The Morgan fingerprint density at radius 3 is 3.00 bits per heavy atom. The molecule has 6 heteroatoms. The third-order valence-corrected chi connectivity index (χ3v) is 3.57. The minimum absolute atomic E-state index is 0. The quantitative estimate of drug-likeness (QED) is 0.780. The second-order valence-electron chi connectivity index (χ2n) is 4.73. The van der Waals surface area contributed by atoms with Gasteiger partial charge in [0.2, 0.25) is 0 Å². The van der Waals surface area contributed by atoms with E-state index >= 15 is 0 Å². The molecule has 1 aliphatic rings. The zero-order valence-corrected chi connectivity index (χ0v) is 11.3. The summed E-state index contributed by atoms with van der Waals surface area (Å²) in [5, 5.41) is 4.40. The molecule has 1 amide bonds. The van der Waals surface area contributed by atoms with E-state index in [0.717, 1.165) is 42.5 Å². The molecule has 19 heavy (non-hydrogen) atoms. The Bertz CT molecular complexity index is 589. The van der Waals surface area contributed by atoms with Gasteiger partial charge in [-0.3, -0.25) is 9.78 Å². The van der Waals surface area contributed by atoms with E-state index in [4.69, 9.17) is 5.73 Å². The fourth-order valence-electron chi connectivity index (χ4n) is 2.67. The summed E-state index contributed by atoms with van der Waals surface area (Å²) in [6, 6.07) is 1.97. The maximum Gasteiger partial charge on any atom is 0.252 e. The van der Waals surface area contributed by atoms with Crippen LogP contribution in [0.1, 0.15) is 34.8 Å². The van der Waals surface area contributed by atoms with Crippen LogP contribution in [-0.4, -0.2) is 29.0 Å².